The molecule has 0 saturated heterocycles. The molecule has 0 amide bonds. The van der Waals surface area contributed by atoms with E-state index in [1.807, 2.05) is 14.1 Å². The molecule has 0 aliphatic rings. The van der Waals surface area contributed by atoms with Crippen molar-refractivity contribution in [2.24, 2.45) is 0 Å². The normalized spacial score (nSPS) is 14.3. The molecule has 0 aromatic heterocycles. The van der Waals surface area contributed by atoms with E-state index >= 15 is 0 Å². The van der Waals surface area contributed by atoms with Crippen molar-refractivity contribution in [2.45, 2.75) is 83.2 Å². The zero-order valence-electron chi connectivity index (χ0n) is 15.9. The van der Waals surface area contributed by atoms with Crippen LogP contribution in [0.1, 0.15) is 77.6 Å². The van der Waals surface area contributed by atoms with Gasteiger partial charge in [-0.05, 0) is 39.8 Å². The number of rotatable bonds is 17. The van der Waals surface area contributed by atoms with Gasteiger partial charge in [-0.2, -0.15) is 0 Å². The van der Waals surface area contributed by atoms with Gasteiger partial charge in [0.2, 0.25) is 0 Å². The molecule has 4 nitrogen and oxygen atoms in total. The van der Waals surface area contributed by atoms with Crippen molar-refractivity contribution in [3.05, 3.63) is 0 Å². The number of likely N-dealkylation sites (N-methyl/N-ethyl adjacent to an activating group) is 1. The molecule has 23 heavy (non-hydrogen) atoms. The average Bonchev–Trinajstić information content (AvgIpc) is 2.51. The Morgan fingerprint density at radius 2 is 1.43 bits per heavy atom. The summed E-state index contributed by atoms with van der Waals surface area (Å²) < 4.78 is 5.68. The average molecular weight is 332 g/mol. The minimum Gasteiger partial charge on any atom is -0.396 e. The zero-order chi connectivity index (χ0) is 17.4. The summed E-state index contributed by atoms with van der Waals surface area (Å²) in [7, 11) is 4.08. The van der Waals surface area contributed by atoms with Crippen LogP contribution in [-0.2, 0) is 4.74 Å². The van der Waals surface area contributed by atoms with Crippen LogP contribution in [0.4, 0.5) is 0 Å². The first-order valence-electron chi connectivity index (χ1n) is 9.60. The number of nitrogens with zero attached hydrogens (tertiary/aromatic N) is 1. The lowest BCUT2D eigenvalue weighted by Crippen LogP contribution is -2.31. The van der Waals surface area contributed by atoms with E-state index in [2.05, 4.69) is 11.8 Å². The van der Waals surface area contributed by atoms with Crippen LogP contribution in [0.5, 0.6) is 0 Å². The maximum Gasteiger partial charge on any atom is 0.0669 e. The Kier molecular flexibility index (Phi) is 15.3. The number of aliphatic hydroxyl groups is 2. The Morgan fingerprint density at radius 3 is 2.00 bits per heavy atom. The predicted octanol–water partition coefficient (Wildman–Crippen LogP) is 3.60. The van der Waals surface area contributed by atoms with Gasteiger partial charge in [0.25, 0.3) is 0 Å². The number of aliphatic hydroxyl groups excluding tert-OH is 1. The SMILES string of the molecule is CCCCCCC(O)(CCCCCCO)CCOCCN(C)C. The number of hydrogen-bond donors (Lipinski definition) is 2. The van der Waals surface area contributed by atoms with Gasteiger partial charge in [-0.15, -0.1) is 0 Å². The molecule has 0 saturated carbocycles. The molecule has 0 bridgehead atoms. The number of ether oxygens (including phenoxy) is 1. The second-order valence-corrected chi connectivity index (χ2v) is 7.09. The molecule has 2 N–H and O–H groups in total. The Labute approximate surface area is 144 Å². The summed E-state index contributed by atoms with van der Waals surface area (Å²) in [5.74, 6) is 0. The van der Waals surface area contributed by atoms with Crippen molar-refractivity contribution < 1.29 is 14.9 Å². The van der Waals surface area contributed by atoms with E-state index in [-0.39, 0.29) is 6.61 Å². The lowest BCUT2D eigenvalue weighted by atomic mass is 9.87. The van der Waals surface area contributed by atoms with Crippen LogP contribution >= 0.6 is 0 Å². The van der Waals surface area contributed by atoms with Gasteiger partial charge in [0.15, 0.2) is 0 Å². The van der Waals surface area contributed by atoms with E-state index in [0.717, 1.165) is 64.5 Å². The molecular weight excluding hydrogens is 290 g/mol. The third-order valence-corrected chi connectivity index (χ3v) is 4.44. The molecule has 0 spiro atoms. The van der Waals surface area contributed by atoms with E-state index in [4.69, 9.17) is 9.84 Å². The summed E-state index contributed by atoms with van der Waals surface area (Å²) in [5, 5.41) is 19.8. The van der Waals surface area contributed by atoms with Crippen molar-refractivity contribution in [1.29, 1.82) is 0 Å². The molecule has 0 radical (unpaired) electrons. The first kappa shape index (κ1) is 22.8. The summed E-state index contributed by atoms with van der Waals surface area (Å²) in [6, 6.07) is 0. The Balaban J connectivity index is 4.03. The van der Waals surface area contributed by atoms with E-state index in [1.165, 1.54) is 19.3 Å². The lowest BCUT2D eigenvalue weighted by Gasteiger charge is -2.28. The minimum atomic E-state index is -0.564. The highest BCUT2D eigenvalue weighted by molar-refractivity contribution is 4.78. The molecular formula is C19H41NO3. The molecule has 0 aliphatic carbocycles. The van der Waals surface area contributed by atoms with Crippen molar-refractivity contribution >= 4 is 0 Å². The second-order valence-electron chi connectivity index (χ2n) is 7.09. The molecule has 0 aliphatic heterocycles. The van der Waals surface area contributed by atoms with Gasteiger partial charge in [0.05, 0.1) is 12.2 Å². The van der Waals surface area contributed by atoms with Crippen LogP contribution in [0.25, 0.3) is 0 Å². The quantitative estimate of drug-likeness (QED) is 0.400. The molecule has 0 rings (SSSR count). The van der Waals surface area contributed by atoms with Crippen molar-refractivity contribution in [2.75, 3.05) is 40.5 Å². The van der Waals surface area contributed by atoms with E-state index in [9.17, 15) is 5.11 Å². The first-order valence-corrected chi connectivity index (χ1v) is 9.60. The summed E-state index contributed by atoms with van der Waals surface area (Å²) in [4.78, 5) is 2.11. The van der Waals surface area contributed by atoms with Crippen molar-refractivity contribution in [1.82, 2.24) is 4.90 Å². The van der Waals surface area contributed by atoms with Crippen molar-refractivity contribution in [3.8, 4) is 0 Å². The fourth-order valence-corrected chi connectivity index (χ4v) is 2.79. The summed E-state index contributed by atoms with van der Waals surface area (Å²) >= 11 is 0. The Hall–Kier alpha value is -0.160. The highest BCUT2D eigenvalue weighted by atomic mass is 16.5. The standard InChI is InChI=1S/C19H41NO3/c1-4-5-6-9-12-19(22,13-10-7-8-11-16-21)14-17-23-18-15-20(2)3/h21-22H,4-18H2,1-3H3. The zero-order valence-corrected chi connectivity index (χ0v) is 15.9. The van der Waals surface area contributed by atoms with Gasteiger partial charge >= 0.3 is 0 Å². The monoisotopic (exact) mass is 331 g/mol. The molecule has 1 unspecified atom stereocenters. The fraction of sp³-hybridized carbons (Fsp3) is 1.00. The van der Waals surface area contributed by atoms with E-state index < -0.39 is 5.60 Å². The highest BCUT2D eigenvalue weighted by Gasteiger charge is 2.25. The first-order chi connectivity index (χ1) is 11.0. The topological polar surface area (TPSA) is 52.9 Å². The second kappa shape index (κ2) is 15.4. The third-order valence-electron chi connectivity index (χ3n) is 4.44. The van der Waals surface area contributed by atoms with Crippen LogP contribution in [0.2, 0.25) is 0 Å². The van der Waals surface area contributed by atoms with Gasteiger partial charge in [0.1, 0.15) is 0 Å². The summed E-state index contributed by atoms with van der Waals surface area (Å²) in [6.07, 6.45) is 11.4. The van der Waals surface area contributed by atoms with Crippen molar-refractivity contribution in [3.63, 3.8) is 0 Å². The lowest BCUT2D eigenvalue weighted by molar-refractivity contribution is -0.0181. The number of hydrogen-bond acceptors (Lipinski definition) is 4. The van der Waals surface area contributed by atoms with Gasteiger partial charge < -0.3 is 19.8 Å². The van der Waals surface area contributed by atoms with E-state index in [1.54, 1.807) is 0 Å². The molecule has 0 aromatic carbocycles. The molecule has 0 heterocycles. The predicted molar refractivity (Wildman–Crippen MR) is 97.9 cm³/mol. The van der Waals surface area contributed by atoms with Crippen LogP contribution in [-0.4, -0.2) is 61.2 Å². The van der Waals surface area contributed by atoms with Gasteiger partial charge in [0, 0.05) is 19.8 Å². The van der Waals surface area contributed by atoms with Gasteiger partial charge in [-0.1, -0.05) is 51.9 Å². The Morgan fingerprint density at radius 1 is 0.826 bits per heavy atom. The Bertz CT molecular complexity index is 249. The van der Waals surface area contributed by atoms with Crippen LogP contribution in [0.3, 0.4) is 0 Å². The number of unbranched alkanes of at least 4 members (excludes halogenated alkanes) is 6. The summed E-state index contributed by atoms with van der Waals surface area (Å²) in [6.45, 7) is 4.80. The molecule has 140 valence electrons. The van der Waals surface area contributed by atoms with Gasteiger partial charge in [-0.3, -0.25) is 0 Å². The van der Waals surface area contributed by atoms with Gasteiger partial charge in [-0.25, -0.2) is 0 Å². The largest absolute Gasteiger partial charge is 0.396 e. The molecule has 1 atom stereocenters. The minimum absolute atomic E-state index is 0.279. The van der Waals surface area contributed by atoms with Crippen LogP contribution < -0.4 is 0 Å². The smallest absolute Gasteiger partial charge is 0.0669 e. The molecule has 4 heteroatoms. The third kappa shape index (κ3) is 15.1. The van der Waals surface area contributed by atoms with Crippen LogP contribution in [0, 0.1) is 0 Å². The maximum atomic E-state index is 10.9. The highest BCUT2D eigenvalue weighted by Crippen LogP contribution is 2.26. The summed E-state index contributed by atoms with van der Waals surface area (Å²) in [5.41, 5.74) is -0.564. The fourth-order valence-electron chi connectivity index (χ4n) is 2.79. The maximum absolute atomic E-state index is 10.9. The van der Waals surface area contributed by atoms with E-state index in [0.29, 0.717) is 6.61 Å². The molecule has 0 aromatic rings. The molecule has 0 fully saturated rings. The van der Waals surface area contributed by atoms with Crippen LogP contribution in [0.15, 0.2) is 0 Å².